The summed E-state index contributed by atoms with van der Waals surface area (Å²) in [7, 11) is 1.09. The van der Waals surface area contributed by atoms with Crippen molar-refractivity contribution in [2.45, 2.75) is 13.3 Å². The predicted molar refractivity (Wildman–Crippen MR) is 80.3 cm³/mol. The third-order valence-corrected chi connectivity index (χ3v) is 3.45. The number of methoxy groups -OCH3 is 1. The van der Waals surface area contributed by atoms with Gasteiger partial charge in [0.1, 0.15) is 12.1 Å². The maximum absolute atomic E-state index is 12.8. The molecule has 0 aliphatic carbocycles. The number of aryl methyl sites for hydroxylation is 1. The molecule has 0 saturated carbocycles. The van der Waals surface area contributed by atoms with E-state index in [4.69, 9.17) is 17.3 Å². The largest absolute Gasteiger partial charge is 0.465 e. The lowest BCUT2D eigenvalue weighted by Crippen LogP contribution is -2.29. The van der Waals surface area contributed by atoms with Gasteiger partial charge in [-0.1, -0.05) is 11.6 Å². The Hall–Kier alpha value is -2.48. The summed E-state index contributed by atoms with van der Waals surface area (Å²) in [4.78, 5) is 27.9. The zero-order valence-corrected chi connectivity index (χ0v) is 12.9. The van der Waals surface area contributed by atoms with Crippen LogP contribution in [0.2, 0.25) is 5.02 Å². The van der Waals surface area contributed by atoms with Gasteiger partial charge in [-0.2, -0.15) is 0 Å². The third-order valence-electron chi connectivity index (χ3n) is 3.16. The number of carbonyl (C=O) groups excluding carboxylic acids is 1. The minimum absolute atomic E-state index is 0.0789. The normalized spacial score (nSPS) is 10.9. The zero-order valence-electron chi connectivity index (χ0n) is 12.1. The molecule has 0 atom stereocenters. The Morgan fingerprint density at radius 3 is 2.61 bits per heavy atom. The van der Waals surface area contributed by atoms with Crippen LogP contribution in [0.4, 0.5) is 14.6 Å². The fourth-order valence-electron chi connectivity index (χ4n) is 2.11. The van der Waals surface area contributed by atoms with Gasteiger partial charge in [0.25, 0.3) is 12.0 Å². The fourth-order valence-corrected chi connectivity index (χ4v) is 2.48. The van der Waals surface area contributed by atoms with Gasteiger partial charge in [-0.3, -0.25) is 9.36 Å². The molecule has 0 fully saturated rings. The number of nitrogens with zero attached hydrogens (tertiary/aromatic N) is 2. The molecule has 9 heteroatoms. The second-order valence-corrected chi connectivity index (χ2v) is 5.05. The van der Waals surface area contributed by atoms with Gasteiger partial charge in [0, 0.05) is 5.56 Å². The van der Waals surface area contributed by atoms with Gasteiger partial charge >= 0.3 is 5.97 Å². The monoisotopic (exact) mass is 343 g/mol. The highest BCUT2D eigenvalue weighted by atomic mass is 35.5. The van der Waals surface area contributed by atoms with Crippen LogP contribution in [0.15, 0.2) is 23.3 Å². The van der Waals surface area contributed by atoms with Crippen LogP contribution in [0.5, 0.6) is 0 Å². The van der Waals surface area contributed by atoms with E-state index < -0.39 is 23.5 Å². The molecule has 1 aromatic heterocycles. The highest BCUT2D eigenvalue weighted by Crippen LogP contribution is 2.30. The van der Waals surface area contributed by atoms with Gasteiger partial charge in [-0.25, -0.2) is 18.6 Å². The lowest BCUT2D eigenvalue weighted by Gasteiger charge is -2.14. The van der Waals surface area contributed by atoms with E-state index in [1.54, 1.807) is 0 Å². The zero-order chi connectivity index (χ0) is 17.3. The van der Waals surface area contributed by atoms with Gasteiger partial charge in [0.2, 0.25) is 0 Å². The first-order valence-electron chi connectivity index (χ1n) is 6.32. The van der Waals surface area contributed by atoms with Crippen molar-refractivity contribution in [2.24, 2.45) is 0 Å². The second kappa shape index (κ2) is 6.33. The highest BCUT2D eigenvalue weighted by Gasteiger charge is 2.21. The SMILES string of the molecule is COC(=O)c1c(N)ncn(-c2c(C)cc(C(F)F)cc2Cl)c1=O. The molecule has 1 heterocycles. The van der Waals surface area contributed by atoms with Crippen molar-refractivity contribution < 1.29 is 18.3 Å². The molecule has 0 saturated heterocycles. The number of carbonyl (C=O) groups is 1. The van der Waals surface area contributed by atoms with Crippen molar-refractivity contribution in [2.75, 3.05) is 12.8 Å². The maximum atomic E-state index is 12.8. The number of alkyl halides is 2. The van der Waals surface area contributed by atoms with Crippen molar-refractivity contribution in [3.8, 4) is 5.69 Å². The number of esters is 1. The number of hydrogen-bond donors (Lipinski definition) is 1. The Labute approximate surface area is 134 Å². The standard InChI is InChI=1S/C14H12ClF2N3O3/c1-6-3-7(11(16)17)4-8(15)10(6)20-5-19-12(18)9(13(20)21)14(22)23-2/h3-5,11H,18H2,1-2H3. The molecule has 0 aliphatic rings. The van der Waals surface area contributed by atoms with Crippen LogP contribution >= 0.6 is 11.6 Å². The Balaban J connectivity index is 2.74. The topological polar surface area (TPSA) is 87.2 Å². The lowest BCUT2D eigenvalue weighted by atomic mass is 10.1. The van der Waals surface area contributed by atoms with E-state index in [0.29, 0.717) is 5.56 Å². The number of nitrogen functional groups attached to an aromatic ring is 1. The number of benzene rings is 1. The van der Waals surface area contributed by atoms with Crippen LogP contribution in [0.25, 0.3) is 5.69 Å². The van der Waals surface area contributed by atoms with Crippen molar-refractivity contribution in [1.29, 1.82) is 0 Å². The van der Waals surface area contributed by atoms with E-state index in [1.807, 2.05) is 0 Å². The molecular formula is C14H12ClF2N3O3. The van der Waals surface area contributed by atoms with Gasteiger partial charge in [0.15, 0.2) is 5.56 Å². The third kappa shape index (κ3) is 3.02. The van der Waals surface area contributed by atoms with E-state index in [9.17, 15) is 18.4 Å². The summed E-state index contributed by atoms with van der Waals surface area (Å²) in [5, 5.41) is -0.0789. The van der Waals surface area contributed by atoms with Crippen LogP contribution in [0.3, 0.4) is 0 Å². The number of rotatable bonds is 3. The molecule has 0 radical (unpaired) electrons. The number of aromatic nitrogens is 2. The highest BCUT2D eigenvalue weighted by molar-refractivity contribution is 6.32. The molecule has 0 amide bonds. The number of halogens is 3. The van der Waals surface area contributed by atoms with Gasteiger partial charge in [-0.15, -0.1) is 0 Å². The molecule has 1 aromatic carbocycles. The average molecular weight is 344 g/mol. The summed E-state index contributed by atoms with van der Waals surface area (Å²) in [5.74, 6) is -1.25. The Morgan fingerprint density at radius 2 is 2.09 bits per heavy atom. The first-order valence-corrected chi connectivity index (χ1v) is 6.69. The fraction of sp³-hybridized carbons (Fsp3) is 0.214. The van der Waals surface area contributed by atoms with Crippen molar-refractivity contribution in [3.63, 3.8) is 0 Å². The van der Waals surface area contributed by atoms with Gasteiger partial charge < -0.3 is 10.5 Å². The van der Waals surface area contributed by atoms with Crippen LogP contribution in [-0.2, 0) is 4.74 Å². The van der Waals surface area contributed by atoms with E-state index >= 15 is 0 Å². The summed E-state index contributed by atoms with van der Waals surface area (Å²) in [5.41, 5.74) is 4.44. The predicted octanol–water partition coefficient (Wildman–Crippen LogP) is 2.50. The molecule has 0 aliphatic heterocycles. The molecule has 2 N–H and O–H groups in total. The van der Waals surface area contributed by atoms with E-state index in [1.165, 1.54) is 13.0 Å². The Kier molecular flexibility index (Phi) is 4.65. The average Bonchev–Trinajstić information content (AvgIpc) is 2.48. The van der Waals surface area contributed by atoms with Crippen LogP contribution in [0.1, 0.15) is 27.9 Å². The Morgan fingerprint density at radius 1 is 1.43 bits per heavy atom. The number of ether oxygens (including phenoxy) is 1. The summed E-state index contributed by atoms with van der Waals surface area (Å²) in [6.45, 7) is 1.51. The van der Waals surface area contributed by atoms with Crippen molar-refractivity contribution >= 4 is 23.4 Å². The maximum Gasteiger partial charge on any atom is 0.347 e. The van der Waals surface area contributed by atoms with Crippen LogP contribution < -0.4 is 11.3 Å². The van der Waals surface area contributed by atoms with Crippen LogP contribution in [0, 0.1) is 6.92 Å². The van der Waals surface area contributed by atoms with E-state index in [2.05, 4.69) is 9.72 Å². The molecule has 0 bridgehead atoms. The number of nitrogens with two attached hydrogens (primary N) is 1. The minimum atomic E-state index is -2.70. The van der Waals surface area contributed by atoms with Gasteiger partial charge in [-0.05, 0) is 24.6 Å². The number of hydrogen-bond acceptors (Lipinski definition) is 5. The molecule has 6 nitrogen and oxygen atoms in total. The van der Waals surface area contributed by atoms with Gasteiger partial charge in [0.05, 0.1) is 17.8 Å². The van der Waals surface area contributed by atoms with E-state index in [0.717, 1.165) is 24.1 Å². The summed E-state index contributed by atoms with van der Waals surface area (Å²) < 4.78 is 31.0. The number of anilines is 1. The molecule has 0 unspecified atom stereocenters. The molecule has 23 heavy (non-hydrogen) atoms. The molecular weight excluding hydrogens is 332 g/mol. The summed E-state index contributed by atoms with van der Waals surface area (Å²) >= 11 is 6.02. The molecule has 122 valence electrons. The van der Waals surface area contributed by atoms with E-state index in [-0.39, 0.29) is 22.1 Å². The van der Waals surface area contributed by atoms with Crippen molar-refractivity contribution in [3.05, 3.63) is 50.5 Å². The first-order chi connectivity index (χ1) is 10.8. The van der Waals surface area contributed by atoms with Crippen molar-refractivity contribution in [1.82, 2.24) is 9.55 Å². The summed E-state index contributed by atoms with van der Waals surface area (Å²) in [6, 6.07) is 2.25. The quantitative estimate of drug-likeness (QED) is 0.865. The lowest BCUT2D eigenvalue weighted by molar-refractivity contribution is 0.0599. The second-order valence-electron chi connectivity index (χ2n) is 4.64. The minimum Gasteiger partial charge on any atom is -0.465 e. The molecule has 2 rings (SSSR count). The smallest absolute Gasteiger partial charge is 0.347 e. The van der Waals surface area contributed by atoms with Crippen LogP contribution in [-0.4, -0.2) is 22.6 Å². The molecule has 2 aromatic rings. The first kappa shape index (κ1) is 16.9. The Bertz CT molecular complexity index is 813. The molecule has 0 spiro atoms. The summed E-state index contributed by atoms with van der Waals surface area (Å²) in [6.07, 6.45) is -1.63.